The molecule has 1 unspecified atom stereocenters. The number of nitrogens with two attached hydrogens (primary N) is 1. The molecule has 2 rings (SSSR count). The van der Waals surface area contributed by atoms with E-state index < -0.39 is 5.60 Å². The van der Waals surface area contributed by atoms with Crippen LogP contribution >= 0.6 is 11.6 Å². The van der Waals surface area contributed by atoms with Gasteiger partial charge in [0.2, 0.25) is 5.91 Å². The molecule has 0 aromatic heterocycles. The number of halogens is 1. The molecule has 2 atom stereocenters. The molecule has 4 heteroatoms. The Bertz CT molecular complexity index is 547. The van der Waals surface area contributed by atoms with Gasteiger partial charge in [-0.25, -0.2) is 0 Å². The molecule has 0 aliphatic heterocycles. The van der Waals surface area contributed by atoms with Crippen LogP contribution in [0.4, 0.5) is 0 Å². The summed E-state index contributed by atoms with van der Waals surface area (Å²) < 4.78 is 0. The summed E-state index contributed by atoms with van der Waals surface area (Å²) in [5.74, 6) is 5.14. The van der Waals surface area contributed by atoms with Crippen molar-refractivity contribution in [2.45, 2.75) is 31.3 Å². The molecule has 0 bridgehead atoms. The van der Waals surface area contributed by atoms with E-state index in [1.807, 2.05) is 12.1 Å². The van der Waals surface area contributed by atoms with E-state index in [1.54, 1.807) is 12.1 Å². The number of carbonyl (C=O) groups excluding carboxylic acids is 1. The van der Waals surface area contributed by atoms with Gasteiger partial charge < -0.3 is 10.8 Å². The van der Waals surface area contributed by atoms with E-state index in [-0.39, 0.29) is 11.8 Å². The van der Waals surface area contributed by atoms with E-state index in [4.69, 9.17) is 17.3 Å². The molecule has 1 aromatic carbocycles. The van der Waals surface area contributed by atoms with E-state index in [0.717, 1.165) is 18.4 Å². The molecular weight excluding hydrogens is 262 g/mol. The molecule has 19 heavy (non-hydrogen) atoms. The van der Waals surface area contributed by atoms with E-state index in [1.165, 1.54) is 0 Å². The summed E-state index contributed by atoms with van der Waals surface area (Å²) in [5, 5.41) is 11.0. The predicted octanol–water partition coefficient (Wildman–Crippen LogP) is 2.10. The van der Waals surface area contributed by atoms with Crippen LogP contribution in [0.1, 0.15) is 31.2 Å². The van der Waals surface area contributed by atoms with Crippen LogP contribution < -0.4 is 5.73 Å². The van der Waals surface area contributed by atoms with Crippen molar-refractivity contribution in [1.82, 2.24) is 0 Å². The van der Waals surface area contributed by atoms with Crippen molar-refractivity contribution < 1.29 is 9.90 Å². The summed E-state index contributed by atoms with van der Waals surface area (Å²) in [6.45, 7) is 0. The molecule has 0 saturated heterocycles. The standard InChI is InChI=1S/C15H16ClNO2/c16-13-5-1-3-11(9-13)6-8-15(19)7-2-4-12(10-15)14(17)18/h1,3,5,9,12,19H,2,4,7,10H2,(H2,17,18)/t12-,15?/m0/s1. The average molecular weight is 278 g/mol. The fourth-order valence-corrected chi connectivity index (χ4v) is 2.55. The molecule has 1 aliphatic rings. The number of aliphatic hydroxyl groups is 1. The Labute approximate surface area is 117 Å². The summed E-state index contributed by atoms with van der Waals surface area (Å²) in [6, 6.07) is 7.15. The van der Waals surface area contributed by atoms with E-state index in [0.29, 0.717) is 17.9 Å². The first kappa shape index (κ1) is 13.9. The van der Waals surface area contributed by atoms with E-state index in [9.17, 15) is 9.90 Å². The zero-order chi connectivity index (χ0) is 13.9. The molecule has 1 aromatic rings. The number of primary amides is 1. The summed E-state index contributed by atoms with van der Waals surface area (Å²) >= 11 is 5.87. The lowest BCUT2D eigenvalue weighted by Gasteiger charge is -2.31. The van der Waals surface area contributed by atoms with Gasteiger partial charge in [0.05, 0.1) is 0 Å². The molecule has 0 spiro atoms. The van der Waals surface area contributed by atoms with Crippen LogP contribution in [-0.2, 0) is 4.79 Å². The molecule has 1 fully saturated rings. The molecular formula is C15H16ClNO2. The molecule has 0 radical (unpaired) electrons. The summed E-state index contributed by atoms with van der Waals surface area (Å²) in [6.07, 6.45) is 2.38. The first-order valence-electron chi connectivity index (χ1n) is 6.29. The van der Waals surface area contributed by atoms with Crippen molar-refractivity contribution in [2.75, 3.05) is 0 Å². The van der Waals surface area contributed by atoms with Crippen molar-refractivity contribution in [3.8, 4) is 11.8 Å². The molecule has 3 nitrogen and oxygen atoms in total. The quantitative estimate of drug-likeness (QED) is 0.772. The maximum atomic E-state index is 11.2. The number of hydrogen-bond donors (Lipinski definition) is 2. The van der Waals surface area contributed by atoms with Crippen molar-refractivity contribution in [1.29, 1.82) is 0 Å². The van der Waals surface area contributed by atoms with Gasteiger partial charge >= 0.3 is 0 Å². The van der Waals surface area contributed by atoms with Crippen molar-refractivity contribution in [2.24, 2.45) is 11.7 Å². The third-order valence-electron chi connectivity index (χ3n) is 3.39. The Morgan fingerprint density at radius 1 is 1.53 bits per heavy atom. The minimum atomic E-state index is -1.12. The lowest BCUT2D eigenvalue weighted by molar-refractivity contribution is -0.125. The van der Waals surface area contributed by atoms with Crippen LogP contribution in [0.25, 0.3) is 0 Å². The normalized spacial score (nSPS) is 26.3. The Morgan fingerprint density at radius 2 is 2.32 bits per heavy atom. The minimum Gasteiger partial charge on any atom is -0.378 e. The van der Waals surface area contributed by atoms with Gasteiger partial charge in [-0.2, -0.15) is 0 Å². The van der Waals surface area contributed by atoms with Crippen LogP contribution in [0.3, 0.4) is 0 Å². The summed E-state index contributed by atoms with van der Waals surface area (Å²) in [5.41, 5.74) is 4.93. The van der Waals surface area contributed by atoms with Gasteiger partial charge in [0.25, 0.3) is 0 Å². The SMILES string of the molecule is NC(=O)[C@H]1CCCC(O)(C#Cc2cccc(Cl)c2)C1. The van der Waals surface area contributed by atoms with Crippen molar-refractivity contribution in [3.05, 3.63) is 34.9 Å². The van der Waals surface area contributed by atoms with Crippen LogP contribution in [0.15, 0.2) is 24.3 Å². The second-order valence-electron chi connectivity index (χ2n) is 4.99. The molecule has 1 saturated carbocycles. The maximum absolute atomic E-state index is 11.2. The first-order valence-corrected chi connectivity index (χ1v) is 6.67. The Morgan fingerprint density at radius 3 is 3.00 bits per heavy atom. The second kappa shape index (κ2) is 5.64. The number of amides is 1. The van der Waals surface area contributed by atoms with Gasteiger partial charge in [-0.15, -0.1) is 0 Å². The van der Waals surface area contributed by atoms with Gasteiger partial charge in [0.15, 0.2) is 0 Å². The number of rotatable bonds is 1. The van der Waals surface area contributed by atoms with Gasteiger partial charge in [-0.1, -0.05) is 29.5 Å². The highest BCUT2D eigenvalue weighted by atomic mass is 35.5. The predicted molar refractivity (Wildman–Crippen MR) is 74.4 cm³/mol. The van der Waals surface area contributed by atoms with Crippen LogP contribution in [0.2, 0.25) is 5.02 Å². The number of hydrogen-bond acceptors (Lipinski definition) is 2. The van der Waals surface area contributed by atoms with Crippen LogP contribution in [0.5, 0.6) is 0 Å². The first-order chi connectivity index (χ1) is 8.98. The molecule has 1 amide bonds. The monoisotopic (exact) mass is 277 g/mol. The molecule has 3 N–H and O–H groups in total. The van der Waals surface area contributed by atoms with E-state index >= 15 is 0 Å². The van der Waals surface area contributed by atoms with Crippen molar-refractivity contribution in [3.63, 3.8) is 0 Å². The fraction of sp³-hybridized carbons (Fsp3) is 0.400. The Balaban J connectivity index is 2.15. The van der Waals surface area contributed by atoms with Gasteiger partial charge in [0, 0.05) is 16.5 Å². The third kappa shape index (κ3) is 3.73. The Hall–Kier alpha value is -1.50. The highest BCUT2D eigenvalue weighted by Gasteiger charge is 2.35. The number of carbonyl (C=O) groups is 1. The topological polar surface area (TPSA) is 63.3 Å². The highest BCUT2D eigenvalue weighted by Crippen LogP contribution is 2.31. The minimum absolute atomic E-state index is 0.285. The molecule has 100 valence electrons. The fourth-order valence-electron chi connectivity index (χ4n) is 2.36. The lowest BCUT2D eigenvalue weighted by atomic mass is 9.78. The lowest BCUT2D eigenvalue weighted by Crippen LogP contribution is -2.38. The zero-order valence-electron chi connectivity index (χ0n) is 10.5. The second-order valence-corrected chi connectivity index (χ2v) is 5.42. The summed E-state index contributed by atoms with van der Waals surface area (Å²) in [4.78, 5) is 11.2. The smallest absolute Gasteiger partial charge is 0.220 e. The molecule has 0 heterocycles. The average Bonchev–Trinajstić information content (AvgIpc) is 2.37. The van der Waals surface area contributed by atoms with Crippen LogP contribution in [-0.4, -0.2) is 16.6 Å². The molecule has 1 aliphatic carbocycles. The maximum Gasteiger partial charge on any atom is 0.220 e. The van der Waals surface area contributed by atoms with Gasteiger partial charge in [-0.05, 0) is 43.9 Å². The highest BCUT2D eigenvalue weighted by molar-refractivity contribution is 6.30. The van der Waals surface area contributed by atoms with Gasteiger partial charge in [-0.3, -0.25) is 4.79 Å². The largest absolute Gasteiger partial charge is 0.378 e. The zero-order valence-corrected chi connectivity index (χ0v) is 11.3. The third-order valence-corrected chi connectivity index (χ3v) is 3.63. The Kier molecular flexibility index (Phi) is 4.14. The number of benzene rings is 1. The van der Waals surface area contributed by atoms with E-state index in [2.05, 4.69) is 11.8 Å². The van der Waals surface area contributed by atoms with Crippen molar-refractivity contribution >= 4 is 17.5 Å². The van der Waals surface area contributed by atoms with Gasteiger partial charge in [0.1, 0.15) is 5.60 Å². The summed E-state index contributed by atoms with van der Waals surface area (Å²) in [7, 11) is 0. The van der Waals surface area contributed by atoms with Crippen LogP contribution in [0, 0.1) is 17.8 Å².